The lowest BCUT2D eigenvalue weighted by atomic mass is 9.86. The Labute approximate surface area is 156 Å². The van der Waals surface area contributed by atoms with E-state index in [0.29, 0.717) is 11.8 Å². The van der Waals surface area contributed by atoms with Crippen LogP contribution < -0.4 is 4.74 Å². The molecule has 0 aromatic heterocycles. The average molecular weight is 354 g/mol. The van der Waals surface area contributed by atoms with E-state index in [1.807, 2.05) is 0 Å². The number of nitrogens with zero attached hydrogens (tertiary/aromatic N) is 2. The maximum atomic E-state index is 12.7. The summed E-state index contributed by atoms with van der Waals surface area (Å²) in [6, 6.07) is 6.61. The van der Waals surface area contributed by atoms with Crippen molar-refractivity contribution in [3.63, 3.8) is 0 Å². The molecule has 2 heterocycles. The van der Waals surface area contributed by atoms with Gasteiger partial charge in [-0.1, -0.05) is 18.6 Å². The Morgan fingerprint density at radius 3 is 2.77 bits per heavy atom. The normalized spacial score (nSPS) is 30.5. The standard InChI is InChI=1S/C22H30N2O2/c25-22(14-20-12-16-1-3-18(20)11-16)24-8-6-23(7-9-24)15-17-2-4-21-19(13-17)5-10-26-21/h2,4,13,16,18,20H,1,3,5-12,14-15H2/t16-,18-,20+/m1/s1. The number of carbonyl (C=O) groups excluding carboxylic acids is 1. The van der Waals surface area contributed by atoms with Crippen LogP contribution in [0, 0.1) is 17.8 Å². The number of ether oxygens (including phenoxy) is 1. The quantitative estimate of drug-likeness (QED) is 0.833. The van der Waals surface area contributed by atoms with E-state index < -0.39 is 0 Å². The molecule has 5 rings (SSSR count). The van der Waals surface area contributed by atoms with Crippen LogP contribution in [0.3, 0.4) is 0 Å². The van der Waals surface area contributed by atoms with E-state index in [2.05, 4.69) is 28.0 Å². The van der Waals surface area contributed by atoms with E-state index in [0.717, 1.165) is 69.8 Å². The van der Waals surface area contributed by atoms with E-state index in [1.54, 1.807) is 0 Å². The van der Waals surface area contributed by atoms with E-state index in [1.165, 1.54) is 36.8 Å². The lowest BCUT2D eigenvalue weighted by Gasteiger charge is -2.36. The fourth-order valence-electron chi connectivity index (χ4n) is 5.73. The van der Waals surface area contributed by atoms with Crippen molar-refractivity contribution < 1.29 is 9.53 Å². The summed E-state index contributed by atoms with van der Waals surface area (Å²) in [5.41, 5.74) is 2.72. The number of piperazine rings is 1. The zero-order chi connectivity index (χ0) is 17.5. The number of carbonyl (C=O) groups is 1. The van der Waals surface area contributed by atoms with E-state index in [4.69, 9.17) is 4.74 Å². The molecule has 2 aliphatic heterocycles. The van der Waals surface area contributed by atoms with Crippen molar-refractivity contribution in [2.24, 2.45) is 17.8 Å². The molecule has 2 aliphatic carbocycles. The van der Waals surface area contributed by atoms with Gasteiger partial charge in [-0.2, -0.15) is 0 Å². The fourth-order valence-corrected chi connectivity index (χ4v) is 5.73. The first-order valence-electron chi connectivity index (χ1n) is 10.5. The molecule has 0 unspecified atom stereocenters. The van der Waals surface area contributed by atoms with Gasteiger partial charge in [0.15, 0.2) is 0 Å². The van der Waals surface area contributed by atoms with Crippen LogP contribution in [0.5, 0.6) is 5.75 Å². The summed E-state index contributed by atoms with van der Waals surface area (Å²) in [7, 11) is 0. The van der Waals surface area contributed by atoms with Crippen LogP contribution in [-0.2, 0) is 17.8 Å². The molecule has 2 saturated carbocycles. The Hall–Kier alpha value is -1.55. The monoisotopic (exact) mass is 354 g/mol. The summed E-state index contributed by atoms with van der Waals surface area (Å²) in [4.78, 5) is 17.3. The van der Waals surface area contributed by atoms with Gasteiger partial charge in [0, 0.05) is 45.6 Å². The van der Waals surface area contributed by atoms with Gasteiger partial charge in [-0.25, -0.2) is 0 Å². The zero-order valence-corrected chi connectivity index (χ0v) is 15.7. The van der Waals surface area contributed by atoms with Crippen molar-refractivity contribution in [2.45, 2.75) is 45.1 Å². The fraction of sp³-hybridized carbons (Fsp3) is 0.682. The second-order valence-electron chi connectivity index (χ2n) is 8.84. The van der Waals surface area contributed by atoms with Gasteiger partial charge in [-0.05, 0) is 54.2 Å². The second kappa shape index (κ2) is 6.88. The highest BCUT2D eigenvalue weighted by molar-refractivity contribution is 5.76. The molecule has 4 nitrogen and oxygen atoms in total. The summed E-state index contributed by atoms with van der Waals surface area (Å²) in [6.45, 7) is 5.59. The van der Waals surface area contributed by atoms with Gasteiger partial charge in [0.25, 0.3) is 0 Å². The van der Waals surface area contributed by atoms with Crippen LogP contribution in [0.2, 0.25) is 0 Å². The number of amides is 1. The topological polar surface area (TPSA) is 32.8 Å². The van der Waals surface area contributed by atoms with Crippen molar-refractivity contribution in [1.29, 1.82) is 0 Å². The van der Waals surface area contributed by atoms with E-state index in [9.17, 15) is 4.79 Å². The predicted molar refractivity (Wildman–Crippen MR) is 101 cm³/mol. The molecular formula is C22H30N2O2. The molecule has 0 radical (unpaired) electrons. The Kier molecular flexibility index (Phi) is 4.39. The molecule has 1 aromatic carbocycles. The molecule has 4 heteroatoms. The maximum absolute atomic E-state index is 12.7. The van der Waals surface area contributed by atoms with Crippen LogP contribution in [-0.4, -0.2) is 48.5 Å². The lowest BCUT2D eigenvalue weighted by molar-refractivity contribution is -0.134. The Morgan fingerprint density at radius 2 is 2.00 bits per heavy atom. The number of rotatable bonds is 4. The van der Waals surface area contributed by atoms with Crippen molar-refractivity contribution >= 4 is 5.91 Å². The van der Waals surface area contributed by atoms with E-state index in [-0.39, 0.29) is 0 Å². The second-order valence-corrected chi connectivity index (χ2v) is 8.84. The van der Waals surface area contributed by atoms with Crippen molar-refractivity contribution in [3.8, 4) is 5.75 Å². The minimum atomic E-state index is 0.414. The Morgan fingerprint density at radius 1 is 1.12 bits per heavy atom. The number of fused-ring (bicyclic) bond motifs is 3. The largest absolute Gasteiger partial charge is 0.493 e. The van der Waals surface area contributed by atoms with Crippen molar-refractivity contribution in [3.05, 3.63) is 29.3 Å². The first-order chi connectivity index (χ1) is 12.7. The summed E-state index contributed by atoms with van der Waals surface area (Å²) in [5, 5.41) is 0. The zero-order valence-electron chi connectivity index (χ0n) is 15.7. The van der Waals surface area contributed by atoms with Gasteiger partial charge in [-0.15, -0.1) is 0 Å². The molecule has 1 saturated heterocycles. The van der Waals surface area contributed by atoms with Crippen LogP contribution in [0.25, 0.3) is 0 Å². The highest BCUT2D eigenvalue weighted by Gasteiger charge is 2.40. The van der Waals surface area contributed by atoms with Gasteiger partial charge in [0.2, 0.25) is 5.91 Å². The third-order valence-corrected chi connectivity index (χ3v) is 7.21. The highest BCUT2D eigenvalue weighted by atomic mass is 16.5. The molecule has 1 amide bonds. The van der Waals surface area contributed by atoms with E-state index >= 15 is 0 Å². The molecule has 3 fully saturated rings. The molecule has 26 heavy (non-hydrogen) atoms. The minimum absolute atomic E-state index is 0.414. The smallest absolute Gasteiger partial charge is 0.222 e. The van der Waals surface area contributed by atoms with Gasteiger partial charge >= 0.3 is 0 Å². The number of benzene rings is 1. The molecule has 0 spiro atoms. The number of hydrogen-bond acceptors (Lipinski definition) is 3. The molecule has 2 bridgehead atoms. The first kappa shape index (κ1) is 16.6. The Balaban J connectivity index is 1.11. The summed E-state index contributed by atoms with van der Waals surface area (Å²) in [6.07, 6.45) is 7.36. The first-order valence-corrected chi connectivity index (χ1v) is 10.5. The predicted octanol–water partition coefficient (Wildman–Crippen LogP) is 3.09. The third kappa shape index (κ3) is 3.24. The average Bonchev–Trinajstić information content (AvgIpc) is 3.38. The van der Waals surface area contributed by atoms with Crippen LogP contribution in [0.15, 0.2) is 18.2 Å². The summed E-state index contributed by atoms with van der Waals surface area (Å²) < 4.78 is 5.60. The van der Waals surface area contributed by atoms with Gasteiger partial charge in [0.05, 0.1) is 6.61 Å². The third-order valence-electron chi connectivity index (χ3n) is 7.21. The molecule has 1 aromatic rings. The maximum Gasteiger partial charge on any atom is 0.222 e. The lowest BCUT2D eigenvalue weighted by Crippen LogP contribution is -2.48. The van der Waals surface area contributed by atoms with Gasteiger partial charge < -0.3 is 9.64 Å². The van der Waals surface area contributed by atoms with Gasteiger partial charge in [0.1, 0.15) is 5.75 Å². The molecule has 3 atom stereocenters. The molecular weight excluding hydrogens is 324 g/mol. The SMILES string of the molecule is O=C(C[C@@H]1C[C@@H]2CC[C@@H]1C2)N1CCN(Cc2ccc3c(c2)CCO3)CC1. The van der Waals surface area contributed by atoms with Crippen LogP contribution >= 0.6 is 0 Å². The minimum Gasteiger partial charge on any atom is -0.493 e. The van der Waals surface area contributed by atoms with Crippen molar-refractivity contribution in [2.75, 3.05) is 32.8 Å². The summed E-state index contributed by atoms with van der Waals surface area (Å²) in [5.74, 6) is 3.95. The van der Waals surface area contributed by atoms with Crippen LogP contribution in [0.1, 0.15) is 43.2 Å². The summed E-state index contributed by atoms with van der Waals surface area (Å²) >= 11 is 0. The van der Waals surface area contributed by atoms with Gasteiger partial charge in [-0.3, -0.25) is 9.69 Å². The van der Waals surface area contributed by atoms with Crippen molar-refractivity contribution in [1.82, 2.24) is 9.80 Å². The number of hydrogen-bond donors (Lipinski definition) is 0. The Bertz CT molecular complexity index is 681. The molecule has 4 aliphatic rings. The highest BCUT2D eigenvalue weighted by Crippen LogP contribution is 2.49. The molecule has 0 N–H and O–H groups in total. The molecule has 140 valence electrons. The van der Waals surface area contributed by atoms with Crippen LogP contribution in [0.4, 0.5) is 0 Å².